The van der Waals surface area contributed by atoms with Gasteiger partial charge in [-0.15, -0.1) is 0 Å². The van der Waals surface area contributed by atoms with Crippen LogP contribution in [0.25, 0.3) is 0 Å². The summed E-state index contributed by atoms with van der Waals surface area (Å²) in [6, 6.07) is 2.61. The van der Waals surface area contributed by atoms with Crippen molar-refractivity contribution in [2.24, 2.45) is 0 Å². The van der Waals surface area contributed by atoms with Crippen molar-refractivity contribution in [3.63, 3.8) is 0 Å². The van der Waals surface area contributed by atoms with E-state index in [0.717, 1.165) is 12.1 Å². The Morgan fingerprint density at radius 2 is 1.32 bits per heavy atom. The van der Waals surface area contributed by atoms with Gasteiger partial charge in [-0.25, -0.2) is 0 Å². The van der Waals surface area contributed by atoms with Gasteiger partial charge in [-0.3, -0.25) is 35.2 Å². The number of nitro benzene ring substituents is 2. The number of carbonyl (C=O) groups is 2. The number of nitrogens with one attached hydrogen (secondary N) is 1. The molecule has 1 aliphatic rings. The molecule has 2 aromatic carbocycles. The number of nitrogens with zero attached hydrogens (tertiary/aromatic N) is 3. The number of non-ortho nitro benzene ring substituents is 1. The van der Waals surface area contributed by atoms with E-state index in [9.17, 15) is 29.8 Å². The number of imide groups is 1. The number of benzene rings is 2. The summed E-state index contributed by atoms with van der Waals surface area (Å²) in [5, 5.41) is 21.4. The number of amides is 2. The lowest BCUT2D eigenvalue weighted by Gasteiger charge is -2.16. The molecule has 1 N–H and O–H groups in total. The number of hydrogen-bond acceptors (Lipinski definition) is 7. The van der Waals surface area contributed by atoms with E-state index in [2.05, 4.69) is 5.43 Å². The Kier molecular flexibility index (Phi) is 5.06. The summed E-state index contributed by atoms with van der Waals surface area (Å²) in [7, 11) is 0. The maximum atomic E-state index is 12.6. The Labute approximate surface area is 174 Å². The third-order valence-electron chi connectivity index (χ3n) is 3.72. The lowest BCUT2D eigenvalue weighted by molar-refractivity contribution is -0.393. The minimum Gasteiger partial charge on any atom is -0.282 e. The second-order valence-corrected chi connectivity index (χ2v) is 6.79. The van der Waals surface area contributed by atoms with Gasteiger partial charge in [0.15, 0.2) is 0 Å². The normalized spacial score (nSPS) is 12.9. The van der Waals surface area contributed by atoms with Crippen molar-refractivity contribution >= 4 is 75.3 Å². The van der Waals surface area contributed by atoms with E-state index in [0.29, 0.717) is 11.1 Å². The van der Waals surface area contributed by atoms with E-state index in [4.69, 9.17) is 46.4 Å². The molecule has 1 heterocycles. The van der Waals surface area contributed by atoms with Crippen molar-refractivity contribution in [1.29, 1.82) is 0 Å². The highest BCUT2D eigenvalue weighted by atomic mass is 35.5. The number of nitro groups is 2. The molecule has 2 amide bonds. The van der Waals surface area contributed by atoms with Crippen molar-refractivity contribution in [3.05, 3.63) is 69.6 Å². The molecule has 2 aromatic rings. The van der Waals surface area contributed by atoms with Crippen LogP contribution < -0.4 is 5.43 Å². The molecule has 0 radical (unpaired) electrons. The van der Waals surface area contributed by atoms with Gasteiger partial charge in [-0.05, 0) is 6.07 Å². The zero-order valence-corrected chi connectivity index (χ0v) is 16.1. The second-order valence-electron chi connectivity index (χ2n) is 5.28. The smallest absolute Gasteiger partial charge is 0.282 e. The molecule has 0 saturated carbocycles. The molecule has 0 fully saturated rings. The third-order valence-corrected chi connectivity index (χ3v) is 5.52. The maximum absolute atomic E-state index is 12.6. The van der Waals surface area contributed by atoms with Gasteiger partial charge in [0, 0.05) is 6.07 Å². The molecule has 0 unspecified atom stereocenters. The Morgan fingerprint density at radius 1 is 0.821 bits per heavy atom. The standard InChI is InChI=1S/C14H4Cl4N4O6/c15-9-7-8(10(16)12(18)11(9)17)14(24)20(13(7)23)19-5-2-1-4(21(25)26)3-6(5)22(27)28/h1-3,19H. The van der Waals surface area contributed by atoms with Crippen molar-refractivity contribution < 1.29 is 19.4 Å². The summed E-state index contributed by atoms with van der Waals surface area (Å²) < 4.78 is 0. The number of fused-ring (bicyclic) bond motifs is 1. The summed E-state index contributed by atoms with van der Waals surface area (Å²) in [5.74, 6) is -1.98. The lowest BCUT2D eigenvalue weighted by Crippen LogP contribution is -2.35. The van der Waals surface area contributed by atoms with Gasteiger partial charge in [0.2, 0.25) is 0 Å². The van der Waals surface area contributed by atoms with Gasteiger partial charge >= 0.3 is 5.69 Å². The monoisotopic (exact) mass is 464 g/mol. The summed E-state index contributed by atoms with van der Waals surface area (Å²) in [6.07, 6.45) is 0. The van der Waals surface area contributed by atoms with Crippen LogP contribution in [0, 0.1) is 20.2 Å². The van der Waals surface area contributed by atoms with Crippen LogP contribution in [0.5, 0.6) is 0 Å². The van der Waals surface area contributed by atoms with Crippen LogP contribution >= 0.6 is 46.4 Å². The Morgan fingerprint density at radius 3 is 1.75 bits per heavy atom. The average molecular weight is 466 g/mol. The molecule has 10 nitrogen and oxygen atoms in total. The molecular formula is C14H4Cl4N4O6. The molecular weight excluding hydrogens is 462 g/mol. The number of hydrazine groups is 1. The molecule has 0 aromatic heterocycles. The first-order valence-electron chi connectivity index (χ1n) is 7.00. The Bertz CT molecular complexity index is 1060. The number of halogens is 4. The zero-order chi connectivity index (χ0) is 20.9. The van der Waals surface area contributed by atoms with Crippen molar-refractivity contribution in [1.82, 2.24) is 5.01 Å². The largest absolute Gasteiger partial charge is 0.300 e. The van der Waals surface area contributed by atoms with Gasteiger partial charge in [-0.1, -0.05) is 46.4 Å². The van der Waals surface area contributed by atoms with Crippen LogP contribution in [-0.2, 0) is 0 Å². The molecule has 0 bridgehead atoms. The molecule has 14 heteroatoms. The molecule has 0 saturated heterocycles. The van der Waals surface area contributed by atoms with Crippen molar-refractivity contribution in [2.45, 2.75) is 0 Å². The molecule has 3 rings (SSSR count). The fourth-order valence-electron chi connectivity index (χ4n) is 2.45. The van der Waals surface area contributed by atoms with Crippen LogP contribution in [0.15, 0.2) is 18.2 Å². The molecule has 0 spiro atoms. The maximum Gasteiger partial charge on any atom is 0.300 e. The average Bonchev–Trinajstić information content (AvgIpc) is 2.89. The van der Waals surface area contributed by atoms with Crippen LogP contribution in [0.3, 0.4) is 0 Å². The summed E-state index contributed by atoms with van der Waals surface area (Å²) in [5.41, 5.74) is -0.0384. The highest BCUT2D eigenvalue weighted by molar-refractivity contribution is 6.55. The van der Waals surface area contributed by atoms with Gasteiger partial charge in [0.25, 0.3) is 17.5 Å². The molecule has 0 aliphatic carbocycles. The SMILES string of the molecule is O=C1c2c(Cl)c(Cl)c(Cl)c(Cl)c2C(=O)N1Nc1ccc([N+](=O)[O-])cc1[N+](=O)[O-]. The van der Waals surface area contributed by atoms with E-state index in [-0.39, 0.29) is 36.9 Å². The van der Waals surface area contributed by atoms with E-state index in [1.54, 1.807) is 0 Å². The van der Waals surface area contributed by atoms with E-state index in [1.807, 2.05) is 0 Å². The molecule has 28 heavy (non-hydrogen) atoms. The van der Waals surface area contributed by atoms with Crippen LogP contribution in [0.2, 0.25) is 20.1 Å². The van der Waals surface area contributed by atoms with E-state index < -0.39 is 33.0 Å². The minimum atomic E-state index is -0.988. The zero-order valence-electron chi connectivity index (χ0n) is 13.0. The third kappa shape index (κ3) is 3.00. The Balaban J connectivity index is 2.08. The minimum absolute atomic E-state index is 0.239. The van der Waals surface area contributed by atoms with Gasteiger partial charge < -0.3 is 0 Å². The predicted octanol–water partition coefficient (Wildman–Crippen LogP) is 4.74. The van der Waals surface area contributed by atoms with Crippen molar-refractivity contribution in [3.8, 4) is 0 Å². The summed E-state index contributed by atoms with van der Waals surface area (Å²) in [6.45, 7) is 0. The van der Waals surface area contributed by atoms with Crippen LogP contribution in [0.4, 0.5) is 17.1 Å². The number of hydrogen-bond donors (Lipinski definition) is 1. The summed E-state index contributed by atoms with van der Waals surface area (Å²) >= 11 is 23.8. The predicted molar refractivity (Wildman–Crippen MR) is 100 cm³/mol. The van der Waals surface area contributed by atoms with Gasteiger partial charge in [0.05, 0.1) is 47.1 Å². The molecule has 144 valence electrons. The van der Waals surface area contributed by atoms with Crippen molar-refractivity contribution in [2.75, 3.05) is 5.43 Å². The fourth-order valence-corrected chi connectivity index (χ4v) is 3.46. The molecule has 0 atom stereocenters. The number of anilines is 1. The van der Waals surface area contributed by atoms with Gasteiger partial charge in [-0.2, -0.15) is 5.01 Å². The highest BCUT2D eigenvalue weighted by Crippen LogP contribution is 2.45. The lowest BCUT2D eigenvalue weighted by atomic mass is 10.1. The number of rotatable bonds is 4. The first-order valence-corrected chi connectivity index (χ1v) is 8.51. The van der Waals surface area contributed by atoms with E-state index >= 15 is 0 Å². The highest BCUT2D eigenvalue weighted by Gasteiger charge is 2.42. The van der Waals surface area contributed by atoms with Crippen LogP contribution in [-0.4, -0.2) is 26.7 Å². The first kappa shape index (κ1) is 20.1. The second kappa shape index (κ2) is 7.06. The quantitative estimate of drug-likeness (QED) is 0.226. The van der Waals surface area contributed by atoms with E-state index in [1.165, 1.54) is 0 Å². The fraction of sp³-hybridized carbons (Fsp3) is 0. The number of carbonyl (C=O) groups excluding carboxylic acids is 2. The van der Waals surface area contributed by atoms with Crippen LogP contribution in [0.1, 0.15) is 20.7 Å². The molecule has 1 aliphatic heterocycles. The summed E-state index contributed by atoms with van der Waals surface area (Å²) in [4.78, 5) is 45.5. The first-order chi connectivity index (χ1) is 13.1. The van der Waals surface area contributed by atoms with Gasteiger partial charge in [0.1, 0.15) is 5.69 Å². The topological polar surface area (TPSA) is 136 Å². The Hall–Kier alpha value is -2.66.